The molecule has 1 fully saturated rings. The fourth-order valence-electron chi connectivity index (χ4n) is 3.22. The molecule has 2 aromatic rings. The number of carbonyl (C=O) groups excluding carboxylic acids is 2. The highest BCUT2D eigenvalue weighted by Crippen LogP contribution is 2.22. The molecule has 1 aliphatic heterocycles. The summed E-state index contributed by atoms with van der Waals surface area (Å²) in [5.41, 5.74) is 6.11. The van der Waals surface area contributed by atoms with Gasteiger partial charge in [-0.1, -0.05) is 18.2 Å². The molecule has 3 rings (SSSR count). The first-order chi connectivity index (χ1) is 12.6. The quantitative estimate of drug-likeness (QED) is 0.729. The van der Waals surface area contributed by atoms with E-state index in [1.54, 1.807) is 0 Å². The van der Waals surface area contributed by atoms with E-state index in [0.717, 1.165) is 35.7 Å². The molecule has 26 heavy (non-hydrogen) atoms. The second kappa shape index (κ2) is 8.49. The molecule has 0 spiro atoms. The van der Waals surface area contributed by atoms with Crippen molar-refractivity contribution in [1.82, 2.24) is 0 Å². The number of rotatable bonds is 6. The van der Waals surface area contributed by atoms with Crippen LogP contribution in [0.1, 0.15) is 12.8 Å². The van der Waals surface area contributed by atoms with E-state index in [4.69, 9.17) is 10.5 Å². The summed E-state index contributed by atoms with van der Waals surface area (Å²) in [4.78, 5) is 24.7. The van der Waals surface area contributed by atoms with E-state index in [0.29, 0.717) is 18.8 Å². The summed E-state index contributed by atoms with van der Waals surface area (Å²) in [6.07, 6.45) is 1.74. The molecule has 4 N–H and O–H groups in total. The maximum Gasteiger partial charge on any atom is 0.279 e. The lowest BCUT2D eigenvalue weighted by Crippen LogP contribution is -3.14. The van der Waals surface area contributed by atoms with Gasteiger partial charge in [0, 0.05) is 5.69 Å². The number of benzene rings is 2. The Morgan fingerprint density at radius 3 is 2.46 bits per heavy atom. The Bertz CT molecular complexity index is 747. The van der Waals surface area contributed by atoms with E-state index in [2.05, 4.69) is 5.32 Å². The molecule has 0 aromatic heterocycles. The summed E-state index contributed by atoms with van der Waals surface area (Å²) in [6.45, 7) is 1.86. The van der Waals surface area contributed by atoms with E-state index in [1.807, 2.05) is 54.6 Å². The minimum atomic E-state index is -0.267. The van der Waals surface area contributed by atoms with Crippen LogP contribution in [0.15, 0.2) is 54.6 Å². The number of hydrogen-bond acceptors (Lipinski definition) is 3. The average molecular weight is 354 g/mol. The lowest BCUT2D eigenvalue weighted by Gasteiger charge is -2.27. The van der Waals surface area contributed by atoms with Crippen LogP contribution in [0.5, 0.6) is 11.5 Å². The number of para-hydroxylation sites is 1. The smallest absolute Gasteiger partial charge is 0.279 e. The summed E-state index contributed by atoms with van der Waals surface area (Å²) in [7, 11) is 0. The Labute approximate surface area is 152 Å². The number of primary amides is 1. The third-order valence-corrected chi connectivity index (χ3v) is 4.55. The molecule has 0 bridgehead atoms. The monoisotopic (exact) mass is 354 g/mol. The summed E-state index contributed by atoms with van der Waals surface area (Å²) in [6, 6.07) is 16.8. The first kappa shape index (κ1) is 17.9. The molecule has 6 heteroatoms. The lowest BCUT2D eigenvalue weighted by molar-refractivity contribution is -0.899. The van der Waals surface area contributed by atoms with Gasteiger partial charge in [-0.3, -0.25) is 9.59 Å². The molecule has 0 radical (unpaired) electrons. The Hall–Kier alpha value is -2.86. The number of quaternary nitrogens is 1. The lowest BCUT2D eigenvalue weighted by atomic mass is 9.97. The second-order valence-corrected chi connectivity index (χ2v) is 6.61. The summed E-state index contributed by atoms with van der Waals surface area (Å²) in [5, 5.41) is 2.89. The molecule has 0 saturated carbocycles. The summed E-state index contributed by atoms with van der Waals surface area (Å²) < 4.78 is 5.73. The van der Waals surface area contributed by atoms with Crippen LogP contribution in [0.2, 0.25) is 0 Å². The molecule has 2 amide bonds. The van der Waals surface area contributed by atoms with Crippen LogP contribution in [-0.4, -0.2) is 31.4 Å². The summed E-state index contributed by atoms with van der Waals surface area (Å²) >= 11 is 0. The van der Waals surface area contributed by atoms with E-state index < -0.39 is 0 Å². The topological polar surface area (TPSA) is 85.9 Å². The van der Waals surface area contributed by atoms with Crippen molar-refractivity contribution in [2.24, 2.45) is 11.7 Å². The van der Waals surface area contributed by atoms with Gasteiger partial charge in [0.05, 0.1) is 19.0 Å². The van der Waals surface area contributed by atoms with Crippen molar-refractivity contribution in [2.75, 3.05) is 25.0 Å². The van der Waals surface area contributed by atoms with Crippen LogP contribution in [0.25, 0.3) is 0 Å². The van der Waals surface area contributed by atoms with Gasteiger partial charge in [0.25, 0.3) is 5.91 Å². The Morgan fingerprint density at radius 2 is 1.77 bits per heavy atom. The third kappa shape index (κ3) is 5.07. The van der Waals surface area contributed by atoms with Gasteiger partial charge in [-0.05, 0) is 49.2 Å². The molecule has 2 atom stereocenters. The zero-order chi connectivity index (χ0) is 18.4. The zero-order valence-corrected chi connectivity index (χ0v) is 14.6. The predicted octanol–water partition coefficient (Wildman–Crippen LogP) is 1.20. The number of amides is 2. The minimum absolute atomic E-state index is 0.0677. The van der Waals surface area contributed by atoms with Crippen molar-refractivity contribution in [3.8, 4) is 11.5 Å². The standard InChI is InChI=1S/C20H23N3O3/c21-20(25)15-5-4-12-23(13-15)14-19(24)22-16-8-10-18(11-9-16)26-17-6-2-1-3-7-17/h1-3,6-11,15H,4-5,12-14H2,(H2,21,25)(H,22,24)/p+1/t15-/m1/s1. The molecule has 2 aromatic carbocycles. The van der Waals surface area contributed by atoms with Gasteiger partial charge in [0.1, 0.15) is 11.5 Å². The largest absolute Gasteiger partial charge is 0.457 e. The fourth-order valence-corrected chi connectivity index (χ4v) is 3.22. The molecular formula is C20H24N3O3+. The maximum atomic E-state index is 12.3. The molecular weight excluding hydrogens is 330 g/mol. The maximum absolute atomic E-state index is 12.3. The van der Waals surface area contributed by atoms with Gasteiger partial charge in [-0.2, -0.15) is 0 Å². The minimum Gasteiger partial charge on any atom is -0.457 e. The van der Waals surface area contributed by atoms with Crippen molar-refractivity contribution in [1.29, 1.82) is 0 Å². The van der Waals surface area contributed by atoms with Crippen LogP contribution in [0, 0.1) is 5.92 Å². The highest BCUT2D eigenvalue weighted by atomic mass is 16.5. The fraction of sp³-hybridized carbons (Fsp3) is 0.300. The number of carbonyl (C=O) groups is 2. The van der Waals surface area contributed by atoms with Crippen LogP contribution < -0.4 is 20.7 Å². The van der Waals surface area contributed by atoms with Crippen LogP contribution in [-0.2, 0) is 9.59 Å². The first-order valence-electron chi connectivity index (χ1n) is 8.86. The van der Waals surface area contributed by atoms with Gasteiger partial charge < -0.3 is 20.7 Å². The average Bonchev–Trinajstić information content (AvgIpc) is 2.64. The Kier molecular flexibility index (Phi) is 5.86. The van der Waals surface area contributed by atoms with Gasteiger partial charge in [0.2, 0.25) is 5.91 Å². The molecule has 1 unspecified atom stereocenters. The van der Waals surface area contributed by atoms with Crippen molar-refractivity contribution in [2.45, 2.75) is 12.8 Å². The zero-order valence-electron chi connectivity index (χ0n) is 14.6. The van der Waals surface area contributed by atoms with E-state index >= 15 is 0 Å². The Morgan fingerprint density at radius 1 is 1.08 bits per heavy atom. The number of piperidine rings is 1. The van der Waals surface area contributed by atoms with Crippen LogP contribution in [0.3, 0.4) is 0 Å². The second-order valence-electron chi connectivity index (χ2n) is 6.61. The van der Waals surface area contributed by atoms with Gasteiger partial charge in [-0.15, -0.1) is 0 Å². The number of hydrogen-bond donors (Lipinski definition) is 3. The van der Waals surface area contributed by atoms with Crippen molar-refractivity contribution in [3.63, 3.8) is 0 Å². The molecule has 6 nitrogen and oxygen atoms in total. The molecule has 0 aliphatic carbocycles. The van der Waals surface area contributed by atoms with Crippen molar-refractivity contribution >= 4 is 17.5 Å². The normalized spacial score (nSPS) is 19.5. The molecule has 1 heterocycles. The molecule has 1 saturated heterocycles. The van der Waals surface area contributed by atoms with Crippen LogP contribution in [0.4, 0.5) is 5.69 Å². The van der Waals surface area contributed by atoms with E-state index in [1.165, 1.54) is 0 Å². The third-order valence-electron chi connectivity index (χ3n) is 4.55. The first-order valence-corrected chi connectivity index (χ1v) is 8.86. The van der Waals surface area contributed by atoms with Gasteiger partial charge >= 0.3 is 0 Å². The van der Waals surface area contributed by atoms with E-state index in [9.17, 15) is 9.59 Å². The number of anilines is 1. The van der Waals surface area contributed by atoms with E-state index in [-0.39, 0.29) is 17.7 Å². The molecule has 136 valence electrons. The predicted molar refractivity (Wildman–Crippen MR) is 99.1 cm³/mol. The number of ether oxygens (including phenoxy) is 1. The number of likely N-dealkylation sites (tertiary alicyclic amines) is 1. The summed E-state index contributed by atoms with van der Waals surface area (Å²) in [5.74, 6) is 1.02. The highest BCUT2D eigenvalue weighted by Gasteiger charge is 2.28. The number of nitrogens with two attached hydrogens (primary N) is 1. The number of nitrogens with one attached hydrogen (secondary N) is 2. The van der Waals surface area contributed by atoms with Crippen molar-refractivity contribution < 1.29 is 19.2 Å². The Balaban J connectivity index is 1.50. The molecule has 1 aliphatic rings. The van der Waals surface area contributed by atoms with Gasteiger partial charge in [0.15, 0.2) is 6.54 Å². The van der Waals surface area contributed by atoms with Gasteiger partial charge in [-0.25, -0.2) is 0 Å². The SMILES string of the molecule is NC(=O)[C@@H]1CCC[NH+](CC(=O)Nc2ccc(Oc3ccccc3)cc2)C1. The van der Waals surface area contributed by atoms with Crippen molar-refractivity contribution in [3.05, 3.63) is 54.6 Å². The highest BCUT2D eigenvalue weighted by molar-refractivity contribution is 5.91. The van der Waals surface area contributed by atoms with Crippen LogP contribution >= 0.6 is 0 Å².